The zero-order chi connectivity index (χ0) is 22.1. The fourth-order valence-electron chi connectivity index (χ4n) is 2.80. The van der Waals surface area contributed by atoms with Crippen LogP contribution in [0.15, 0.2) is 54.2 Å². The van der Waals surface area contributed by atoms with E-state index in [1.54, 1.807) is 24.3 Å². The van der Waals surface area contributed by atoms with Crippen molar-refractivity contribution in [3.63, 3.8) is 0 Å². The van der Waals surface area contributed by atoms with Gasteiger partial charge in [0.15, 0.2) is 0 Å². The minimum atomic E-state index is -0.523. The average Bonchev–Trinajstić information content (AvgIpc) is 2.75. The SMILES string of the molecule is CCOc1ccc(C)cc1C(C)NC(=O)/C(C#N)=C\Nc1cccc(C(=O)OC)c1. The molecule has 1 unspecified atom stereocenters. The third kappa shape index (κ3) is 5.85. The molecule has 0 aromatic heterocycles. The number of nitrogens with zero attached hydrogens (tertiary/aromatic N) is 1. The number of ether oxygens (including phenoxy) is 2. The second-order valence-corrected chi connectivity index (χ2v) is 6.56. The number of hydrogen-bond acceptors (Lipinski definition) is 6. The van der Waals surface area contributed by atoms with E-state index >= 15 is 0 Å². The van der Waals surface area contributed by atoms with Gasteiger partial charge in [-0.2, -0.15) is 5.26 Å². The van der Waals surface area contributed by atoms with Gasteiger partial charge < -0.3 is 20.1 Å². The van der Waals surface area contributed by atoms with Gasteiger partial charge in [-0.3, -0.25) is 4.79 Å². The first-order valence-electron chi connectivity index (χ1n) is 9.49. The summed E-state index contributed by atoms with van der Waals surface area (Å²) in [4.78, 5) is 24.2. The first-order valence-corrected chi connectivity index (χ1v) is 9.49. The van der Waals surface area contributed by atoms with Crippen LogP contribution in [0, 0.1) is 18.3 Å². The molecule has 0 aliphatic rings. The Labute approximate surface area is 176 Å². The highest BCUT2D eigenvalue weighted by molar-refractivity contribution is 5.98. The zero-order valence-electron chi connectivity index (χ0n) is 17.5. The number of hydrogen-bond donors (Lipinski definition) is 2. The maximum Gasteiger partial charge on any atom is 0.337 e. The summed E-state index contributed by atoms with van der Waals surface area (Å²) >= 11 is 0. The second-order valence-electron chi connectivity index (χ2n) is 6.56. The van der Waals surface area contributed by atoms with E-state index in [2.05, 4.69) is 15.4 Å². The molecule has 0 saturated heterocycles. The second kappa shape index (κ2) is 10.7. The highest BCUT2D eigenvalue weighted by Gasteiger charge is 2.17. The Hall–Kier alpha value is -3.79. The van der Waals surface area contributed by atoms with E-state index in [4.69, 9.17) is 4.74 Å². The van der Waals surface area contributed by atoms with Gasteiger partial charge in [-0.05, 0) is 45.0 Å². The van der Waals surface area contributed by atoms with Gasteiger partial charge in [-0.25, -0.2) is 4.79 Å². The predicted octanol–water partition coefficient (Wildman–Crippen LogP) is 3.88. The molecule has 30 heavy (non-hydrogen) atoms. The molecule has 2 rings (SSSR count). The summed E-state index contributed by atoms with van der Waals surface area (Å²) in [6.07, 6.45) is 1.30. The summed E-state index contributed by atoms with van der Waals surface area (Å²) < 4.78 is 10.3. The summed E-state index contributed by atoms with van der Waals surface area (Å²) in [5.74, 6) is -0.306. The zero-order valence-corrected chi connectivity index (χ0v) is 17.5. The van der Waals surface area contributed by atoms with Crippen molar-refractivity contribution >= 4 is 17.6 Å². The van der Waals surface area contributed by atoms with Gasteiger partial charge in [0.25, 0.3) is 5.91 Å². The highest BCUT2D eigenvalue weighted by Crippen LogP contribution is 2.26. The summed E-state index contributed by atoms with van der Waals surface area (Å²) in [6, 6.07) is 13.8. The highest BCUT2D eigenvalue weighted by atomic mass is 16.5. The van der Waals surface area contributed by atoms with Crippen molar-refractivity contribution in [2.24, 2.45) is 0 Å². The van der Waals surface area contributed by atoms with E-state index in [1.807, 2.05) is 45.0 Å². The normalized spacial score (nSPS) is 11.8. The average molecular weight is 407 g/mol. The first-order chi connectivity index (χ1) is 14.4. The molecule has 2 N–H and O–H groups in total. The lowest BCUT2D eigenvalue weighted by Gasteiger charge is -2.18. The van der Waals surface area contributed by atoms with Crippen LogP contribution in [0.1, 0.15) is 41.4 Å². The van der Waals surface area contributed by atoms with E-state index in [1.165, 1.54) is 13.3 Å². The molecular weight excluding hydrogens is 382 g/mol. The van der Waals surface area contributed by atoms with E-state index in [9.17, 15) is 14.9 Å². The molecule has 0 fully saturated rings. The third-order valence-corrected chi connectivity index (χ3v) is 4.31. The number of nitrogens with one attached hydrogen (secondary N) is 2. The Kier molecular flexibility index (Phi) is 8.00. The van der Waals surface area contributed by atoms with Crippen molar-refractivity contribution in [3.05, 3.63) is 70.9 Å². The smallest absolute Gasteiger partial charge is 0.337 e. The van der Waals surface area contributed by atoms with Crippen molar-refractivity contribution in [2.75, 3.05) is 19.0 Å². The number of anilines is 1. The molecule has 0 spiro atoms. The van der Waals surface area contributed by atoms with Gasteiger partial charge in [-0.1, -0.05) is 23.8 Å². The van der Waals surface area contributed by atoms with Crippen molar-refractivity contribution in [2.45, 2.75) is 26.8 Å². The monoisotopic (exact) mass is 407 g/mol. The first kappa shape index (κ1) is 22.5. The summed E-state index contributed by atoms with van der Waals surface area (Å²) in [6.45, 7) is 6.19. The predicted molar refractivity (Wildman–Crippen MR) is 114 cm³/mol. The van der Waals surface area contributed by atoms with Gasteiger partial charge in [0.2, 0.25) is 0 Å². The summed E-state index contributed by atoms with van der Waals surface area (Å²) in [5.41, 5.74) is 2.68. The fourth-order valence-corrected chi connectivity index (χ4v) is 2.80. The van der Waals surface area contributed by atoms with Gasteiger partial charge in [0, 0.05) is 17.5 Å². The maximum absolute atomic E-state index is 12.6. The Morgan fingerprint density at radius 1 is 1.23 bits per heavy atom. The molecule has 2 aromatic rings. The van der Waals surface area contributed by atoms with Crippen molar-refractivity contribution < 1.29 is 19.1 Å². The summed E-state index contributed by atoms with van der Waals surface area (Å²) in [5, 5.41) is 15.1. The van der Waals surface area contributed by atoms with Gasteiger partial charge in [0.1, 0.15) is 17.4 Å². The lowest BCUT2D eigenvalue weighted by atomic mass is 10.0. The molecule has 1 atom stereocenters. The Morgan fingerprint density at radius 2 is 2.00 bits per heavy atom. The Bertz CT molecular complexity index is 992. The van der Waals surface area contributed by atoms with Crippen LogP contribution >= 0.6 is 0 Å². The molecule has 7 nitrogen and oxygen atoms in total. The quantitative estimate of drug-likeness (QED) is 0.391. The van der Waals surface area contributed by atoms with Crippen molar-refractivity contribution in [3.8, 4) is 11.8 Å². The molecule has 156 valence electrons. The number of aryl methyl sites for hydroxylation is 1. The molecule has 7 heteroatoms. The van der Waals surface area contributed by atoms with Crippen LogP contribution in [0.3, 0.4) is 0 Å². The minimum Gasteiger partial charge on any atom is -0.494 e. The van der Waals surface area contributed by atoms with Crippen molar-refractivity contribution in [1.82, 2.24) is 5.32 Å². The van der Waals surface area contributed by atoms with Crippen LogP contribution in [0.4, 0.5) is 5.69 Å². The largest absolute Gasteiger partial charge is 0.494 e. The van der Waals surface area contributed by atoms with Crippen LogP contribution in [0.2, 0.25) is 0 Å². The molecule has 0 heterocycles. The number of esters is 1. The minimum absolute atomic E-state index is 0.101. The molecular formula is C23H25N3O4. The van der Waals surface area contributed by atoms with Crippen LogP contribution in [0.5, 0.6) is 5.75 Å². The van der Waals surface area contributed by atoms with Gasteiger partial charge in [-0.15, -0.1) is 0 Å². The molecule has 0 aliphatic carbocycles. The Balaban J connectivity index is 2.14. The molecule has 0 bridgehead atoms. The number of benzene rings is 2. The Morgan fingerprint density at radius 3 is 2.67 bits per heavy atom. The van der Waals surface area contributed by atoms with E-state index in [0.717, 1.165) is 11.1 Å². The molecule has 0 aliphatic heterocycles. The number of carbonyl (C=O) groups is 2. The molecule has 1 amide bonds. The lowest BCUT2D eigenvalue weighted by Crippen LogP contribution is -2.28. The number of methoxy groups -OCH3 is 1. The number of nitriles is 1. The van der Waals surface area contributed by atoms with Crippen molar-refractivity contribution in [1.29, 1.82) is 5.26 Å². The van der Waals surface area contributed by atoms with E-state index < -0.39 is 11.9 Å². The number of amides is 1. The molecule has 2 aromatic carbocycles. The number of rotatable bonds is 8. The fraction of sp³-hybridized carbons (Fsp3) is 0.261. The molecule has 0 saturated carbocycles. The van der Waals surface area contributed by atoms with Crippen LogP contribution in [-0.4, -0.2) is 25.6 Å². The van der Waals surface area contributed by atoms with Gasteiger partial charge in [0.05, 0.1) is 25.3 Å². The van der Waals surface area contributed by atoms with Crippen LogP contribution < -0.4 is 15.4 Å². The topological polar surface area (TPSA) is 100 Å². The third-order valence-electron chi connectivity index (χ3n) is 4.31. The van der Waals surface area contributed by atoms with E-state index in [-0.39, 0.29) is 11.6 Å². The van der Waals surface area contributed by atoms with Crippen LogP contribution in [-0.2, 0) is 9.53 Å². The van der Waals surface area contributed by atoms with Crippen LogP contribution in [0.25, 0.3) is 0 Å². The standard InChI is InChI=1S/C23H25N3O4/c1-5-30-21-10-9-15(2)11-20(21)16(3)26-22(27)18(13-24)14-25-19-8-6-7-17(12-19)23(28)29-4/h6-12,14,16,25H,5H2,1-4H3,(H,26,27)/b18-14-. The van der Waals surface area contributed by atoms with E-state index in [0.29, 0.717) is 23.6 Å². The van der Waals surface area contributed by atoms with Gasteiger partial charge >= 0.3 is 5.97 Å². The molecule has 0 radical (unpaired) electrons. The summed E-state index contributed by atoms with van der Waals surface area (Å²) in [7, 11) is 1.30. The lowest BCUT2D eigenvalue weighted by molar-refractivity contribution is -0.117. The maximum atomic E-state index is 12.6. The number of carbonyl (C=O) groups excluding carboxylic acids is 2.